The second-order valence-electron chi connectivity index (χ2n) is 10.3. The van der Waals surface area contributed by atoms with Crippen LogP contribution in [-0.2, 0) is 15.5 Å². The van der Waals surface area contributed by atoms with E-state index in [2.05, 4.69) is 0 Å². The van der Waals surface area contributed by atoms with Gasteiger partial charge in [0, 0.05) is 17.5 Å². The smallest absolute Gasteiger partial charge is 0.867 e. The number of hydrogen-bond donors (Lipinski definition) is 5. The summed E-state index contributed by atoms with van der Waals surface area (Å²) in [4.78, 5) is 0. The van der Waals surface area contributed by atoms with Crippen molar-refractivity contribution in [1.29, 1.82) is 0 Å². The van der Waals surface area contributed by atoms with Crippen molar-refractivity contribution in [2.45, 2.75) is 64.2 Å². The molecule has 3 atom stereocenters. The molecule has 0 aliphatic heterocycles. The Morgan fingerprint density at radius 2 is 1.29 bits per heavy atom. The zero-order valence-electron chi connectivity index (χ0n) is 20.3. The zero-order chi connectivity index (χ0) is 25.7. The average Bonchev–Trinajstić information content (AvgIpc) is 2.58. The fourth-order valence-corrected chi connectivity index (χ4v) is 5.07. The molecule has 5 N–H and O–H groups in total. The fraction of sp³-hybridized carbons (Fsp3) is 0.478. The van der Waals surface area contributed by atoms with E-state index in [0.717, 1.165) is 6.07 Å². The van der Waals surface area contributed by atoms with Gasteiger partial charge in [-0.2, -0.15) is 0 Å². The summed E-state index contributed by atoms with van der Waals surface area (Å²) in [5.41, 5.74) is -1.46. The monoisotopic (exact) mass is 505 g/mol. The Kier molecular flexibility index (Phi) is 9.03. The Morgan fingerprint density at radius 3 is 1.68 bits per heavy atom. The van der Waals surface area contributed by atoms with Gasteiger partial charge in [-0.05, 0) is 45.9 Å². The number of benzene rings is 2. The summed E-state index contributed by atoms with van der Waals surface area (Å²) in [5, 5.41) is 61.2. The van der Waals surface area contributed by atoms with Crippen molar-refractivity contribution in [1.82, 2.24) is 0 Å². The number of aliphatic hydroxyl groups excluding tert-OH is 1. The minimum Gasteiger partial charge on any atom is -0.867 e. The van der Waals surface area contributed by atoms with Crippen molar-refractivity contribution in [2.75, 3.05) is 0 Å². The molecule has 34 heavy (non-hydrogen) atoms. The predicted octanol–water partition coefficient (Wildman–Crippen LogP) is -0.339. The third kappa shape index (κ3) is 6.30. The molecule has 2 rings (SSSR count). The van der Waals surface area contributed by atoms with E-state index in [4.69, 9.17) is 0 Å². The van der Waals surface area contributed by atoms with Crippen LogP contribution in [0.25, 0.3) is 0 Å². The maximum atomic E-state index is 12.2. The van der Waals surface area contributed by atoms with Crippen LogP contribution in [0, 0.1) is 5.41 Å². The molecular formula is C23H30NaO9S-. The number of aromatic hydroxyl groups is 4. The van der Waals surface area contributed by atoms with E-state index >= 15 is 0 Å². The van der Waals surface area contributed by atoms with Crippen molar-refractivity contribution in [2.24, 2.45) is 5.41 Å². The van der Waals surface area contributed by atoms with Crippen LogP contribution in [0.5, 0.6) is 28.7 Å². The van der Waals surface area contributed by atoms with E-state index in [9.17, 15) is 43.6 Å². The average molecular weight is 506 g/mol. The quantitative estimate of drug-likeness (QED) is 0.268. The first-order valence-electron chi connectivity index (χ1n) is 10.2. The number of aliphatic hydroxyl groups is 1. The van der Waals surface area contributed by atoms with Crippen LogP contribution in [0.1, 0.15) is 69.4 Å². The Hall–Kier alpha value is -1.69. The first-order valence-corrected chi connectivity index (χ1v) is 11.7. The largest absolute Gasteiger partial charge is 1.00 e. The van der Waals surface area contributed by atoms with Gasteiger partial charge < -0.3 is 35.2 Å². The summed E-state index contributed by atoms with van der Waals surface area (Å²) < 4.78 is 36.7. The molecule has 9 nitrogen and oxygen atoms in total. The first kappa shape index (κ1) is 30.3. The standard InChI is InChI=1S/C23H32O9S.Na/c1-22(2,3)13-9-12(14(24)10-15(13)25)18(23(4,5)6)20(29)21(33(30,31)32)11-7-16(26)19(28)17(27)8-11;/h7-10,18,20-21,24-29H,1-6H3,(H,30,31,32);/q;+1/p-2. The van der Waals surface area contributed by atoms with E-state index in [1.54, 1.807) is 20.8 Å². The molecule has 0 bridgehead atoms. The van der Waals surface area contributed by atoms with E-state index in [0.29, 0.717) is 17.7 Å². The van der Waals surface area contributed by atoms with Gasteiger partial charge in [-0.1, -0.05) is 41.5 Å². The third-order valence-corrected chi connectivity index (χ3v) is 6.76. The van der Waals surface area contributed by atoms with E-state index in [1.165, 1.54) is 6.07 Å². The molecule has 0 spiro atoms. The molecule has 11 heteroatoms. The van der Waals surface area contributed by atoms with Crippen LogP contribution in [0.2, 0.25) is 0 Å². The summed E-state index contributed by atoms with van der Waals surface area (Å²) in [6.45, 7) is 10.4. The predicted molar refractivity (Wildman–Crippen MR) is 118 cm³/mol. The molecule has 0 heterocycles. The van der Waals surface area contributed by atoms with Crippen LogP contribution in [0.3, 0.4) is 0 Å². The molecule has 184 valence electrons. The molecule has 2 aromatic carbocycles. The van der Waals surface area contributed by atoms with Gasteiger partial charge in [0.2, 0.25) is 0 Å². The Labute approximate surface area is 221 Å². The van der Waals surface area contributed by atoms with Gasteiger partial charge in [0.05, 0.1) is 6.10 Å². The Bertz CT molecular complexity index is 1130. The number of phenols is 4. The van der Waals surface area contributed by atoms with Gasteiger partial charge in [-0.25, -0.2) is 8.42 Å². The van der Waals surface area contributed by atoms with E-state index < -0.39 is 66.8 Å². The van der Waals surface area contributed by atoms with Gasteiger partial charge in [-0.3, -0.25) is 0 Å². The Morgan fingerprint density at radius 1 is 0.824 bits per heavy atom. The SMILES string of the molecule is CC(C)(C)c1cc(C(C(O)C(c2cc(O)c([O-])c(O)c2)S(=O)(=O)[O-])C(C)(C)C)c(O)cc1O.[Na+]. The second-order valence-corrected chi connectivity index (χ2v) is 11.8. The molecule has 0 aromatic heterocycles. The maximum Gasteiger partial charge on any atom is 1.00 e. The van der Waals surface area contributed by atoms with Gasteiger partial charge >= 0.3 is 29.6 Å². The summed E-state index contributed by atoms with van der Waals surface area (Å²) in [6, 6.07) is 3.96. The number of phenolic OH excluding ortho intramolecular Hbond substituents is 4. The topological polar surface area (TPSA) is 181 Å². The summed E-state index contributed by atoms with van der Waals surface area (Å²) >= 11 is 0. The molecule has 0 saturated heterocycles. The van der Waals surface area contributed by atoms with Gasteiger partial charge in [0.15, 0.2) is 0 Å². The first-order chi connectivity index (χ1) is 14.8. The van der Waals surface area contributed by atoms with Gasteiger partial charge in [0.1, 0.15) is 38.4 Å². The van der Waals surface area contributed by atoms with E-state index in [-0.39, 0.29) is 40.9 Å². The van der Waals surface area contributed by atoms with Crippen LogP contribution in [0.4, 0.5) is 0 Å². The minimum absolute atomic E-state index is 0. The van der Waals surface area contributed by atoms with Crippen molar-refractivity contribution in [3.63, 3.8) is 0 Å². The van der Waals surface area contributed by atoms with Crippen LogP contribution < -0.4 is 34.7 Å². The minimum atomic E-state index is -5.29. The maximum absolute atomic E-state index is 12.2. The van der Waals surface area contributed by atoms with Crippen LogP contribution >= 0.6 is 0 Å². The summed E-state index contributed by atoms with van der Waals surface area (Å²) in [6.07, 6.45) is -1.97. The fourth-order valence-electron chi connectivity index (χ4n) is 4.10. The summed E-state index contributed by atoms with van der Waals surface area (Å²) in [5.74, 6) is -4.90. The van der Waals surface area contributed by atoms with Gasteiger partial charge in [0.25, 0.3) is 0 Å². The van der Waals surface area contributed by atoms with Crippen LogP contribution in [-0.4, -0.2) is 44.6 Å². The second kappa shape index (κ2) is 10.1. The molecule has 0 saturated carbocycles. The molecular weight excluding hydrogens is 475 g/mol. The molecule has 0 aliphatic carbocycles. The molecule has 0 fully saturated rings. The molecule has 0 radical (unpaired) electrons. The summed E-state index contributed by atoms with van der Waals surface area (Å²) in [7, 11) is -5.29. The van der Waals surface area contributed by atoms with Crippen molar-refractivity contribution >= 4 is 10.1 Å². The van der Waals surface area contributed by atoms with E-state index in [1.807, 2.05) is 20.8 Å². The van der Waals surface area contributed by atoms with Crippen molar-refractivity contribution in [3.05, 3.63) is 41.0 Å². The number of rotatable bonds is 5. The van der Waals surface area contributed by atoms with Gasteiger partial charge in [-0.15, -0.1) is 0 Å². The normalized spacial score (nSPS) is 15.3. The molecule has 2 aromatic rings. The molecule has 3 unspecified atom stereocenters. The number of hydrogen-bond acceptors (Lipinski definition) is 9. The van der Waals surface area contributed by atoms with Crippen molar-refractivity contribution in [3.8, 4) is 28.7 Å². The Balaban J connectivity index is 0.00000578. The third-order valence-electron chi connectivity index (χ3n) is 5.58. The zero-order valence-corrected chi connectivity index (χ0v) is 23.1. The van der Waals surface area contributed by atoms with Crippen LogP contribution in [0.15, 0.2) is 24.3 Å². The molecule has 0 aliphatic rings. The molecule has 0 amide bonds. The van der Waals surface area contributed by atoms with Crippen molar-refractivity contribution < 1.29 is 73.2 Å².